The molecular weight excluding hydrogens is 288 g/mol. The summed E-state index contributed by atoms with van der Waals surface area (Å²) >= 11 is 5.77. The molecular formula is C16H17ClN2O2. The van der Waals surface area contributed by atoms with Crippen LogP contribution in [0.15, 0.2) is 41.5 Å². The molecule has 3 unspecified atom stereocenters. The van der Waals surface area contributed by atoms with Gasteiger partial charge in [0.15, 0.2) is 6.61 Å². The van der Waals surface area contributed by atoms with Gasteiger partial charge in [0.2, 0.25) is 0 Å². The zero-order valence-corrected chi connectivity index (χ0v) is 12.3. The molecule has 2 aliphatic carbocycles. The molecule has 1 fully saturated rings. The normalized spacial score (nSPS) is 26.4. The zero-order valence-electron chi connectivity index (χ0n) is 11.5. The number of benzene rings is 1. The number of amides is 1. The van der Waals surface area contributed by atoms with E-state index in [0.717, 1.165) is 6.42 Å². The molecule has 0 aliphatic heterocycles. The molecule has 1 saturated carbocycles. The van der Waals surface area contributed by atoms with Gasteiger partial charge in [0.25, 0.3) is 5.91 Å². The van der Waals surface area contributed by atoms with Crippen molar-refractivity contribution < 1.29 is 9.53 Å². The predicted octanol–water partition coefficient (Wildman–Crippen LogP) is 3.03. The van der Waals surface area contributed by atoms with Crippen molar-refractivity contribution in [2.75, 3.05) is 6.61 Å². The standard InChI is InChI=1S/C16H17ClN2O2/c17-14-3-5-15(6-4-14)21-10-16(20)19-18-9-13-8-11-1-2-12(13)7-11/h1-6,9,11-13H,7-8,10H2,(H,19,20)/b18-9+. The van der Waals surface area contributed by atoms with E-state index in [4.69, 9.17) is 16.3 Å². The van der Waals surface area contributed by atoms with E-state index < -0.39 is 0 Å². The van der Waals surface area contributed by atoms with Crippen LogP contribution in [0, 0.1) is 17.8 Å². The van der Waals surface area contributed by atoms with Crippen molar-refractivity contribution in [2.45, 2.75) is 12.8 Å². The summed E-state index contributed by atoms with van der Waals surface area (Å²) in [5.74, 6) is 2.10. The number of carbonyl (C=O) groups excluding carboxylic acids is 1. The SMILES string of the molecule is O=C(COc1ccc(Cl)cc1)N/N=C/C1CC2C=CC1C2. The van der Waals surface area contributed by atoms with Crippen LogP contribution in [0.1, 0.15) is 12.8 Å². The number of rotatable bonds is 5. The third kappa shape index (κ3) is 3.64. The van der Waals surface area contributed by atoms with Gasteiger partial charge in [0.1, 0.15) is 5.75 Å². The summed E-state index contributed by atoms with van der Waals surface area (Å²) in [4.78, 5) is 11.6. The van der Waals surface area contributed by atoms with Gasteiger partial charge in [-0.2, -0.15) is 5.10 Å². The van der Waals surface area contributed by atoms with E-state index in [9.17, 15) is 4.79 Å². The number of nitrogens with one attached hydrogen (secondary N) is 1. The van der Waals surface area contributed by atoms with E-state index in [1.54, 1.807) is 24.3 Å². The minimum Gasteiger partial charge on any atom is -0.484 e. The Morgan fingerprint density at radius 2 is 2.14 bits per heavy atom. The first-order chi connectivity index (χ1) is 10.2. The summed E-state index contributed by atoms with van der Waals surface area (Å²) in [6, 6.07) is 6.88. The molecule has 2 aliphatic rings. The van der Waals surface area contributed by atoms with Gasteiger partial charge >= 0.3 is 0 Å². The molecule has 3 atom stereocenters. The van der Waals surface area contributed by atoms with Crippen LogP contribution in [-0.2, 0) is 4.79 Å². The van der Waals surface area contributed by atoms with Gasteiger partial charge in [-0.15, -0.1) is 0 Å². The van der Waals surface area contributed by atoms with Crippen LogP contribution in [-0.4, -0.2) is 18.7 Å². The number of allylic oxidation sites excluding steroid dienone is 2. The second-order valence-electron chi connectivity index (χ2n) is 5.50. The molecule has 5 heteroatoms. The predicted molar refractivity (Wildman–Crippen MR) is 82.4 cm³/mol. The number of halogens is 1. The van der Waals surface area contributed by atoms with Gasteiger partial charge in [-0.1, -0.05) is 23.8 Å². The number of ether oxygens (including phenoxy) is 1. The Morgan fingerprint density at radius 3 is 2.81 bits per heavy atom. The highest BCUT2D eigenvalue weighted by Gasteiger charge is 2.34. The lowest BCUT2D eigenvalue weighted by Gasteiger charge is -2.12. The first-order valence-corrected chi connectivity index (χ1v) is 7.47. The highest BCUT2D eigenvalue weighted by atomic mass is 35.5. The minimum absolute atomic E-state index is 0.0599. The average molecular weight is 305 g/mol. The summed E-state index contributed by atoms with van der Waals surface area (Å²) in [5.41, 5.74) is 2.51. The van der Waals surface area contributed by atoms with Gasteiger partial charge in [-0.25, -0.2) is 5.43 Å². The van der Waals surface area contributed by atoms with Crippen LogP contribution in [0.3, 0.4) is 0 Å². The first kappa shape index (κ1) is 14.1. The molecule has 0 aromatic heterocycles. The summed E-state index contributed by atoms with van der Waals surface area (Å²) in [6.07, 6.45) is 8.77. The molecule has 110 valence electrons. The second kappa shape index (κ2) is 6.31. The third-order valence-corrected chi connectivity index (χ3v) is 4.22. The summed E-state index contributed by atoms with van der Waals surface area (Å²) < 4.78 is 5.34. The molecule has 1 N–H and O–H groups in total. The van der Waals surface area contributed by atoms with Crippen molar-refractivity contribution >= 4 is 23.7 Å². The smallest absolute Gasteiger partial charge is 0.277 e. The molecule has 2 bridgehead atoms. The molecule has 0 heterocycles. The number of carbonyl (C=O) groups is 1. The maximum Gasteiger partial charge on any atom is 0.277 e. The van der Waals surface area contributed by atoms with Crippen molar-refractivity contribution in [3.63, 3.8) is 0 Å². The Kier molecular flexibility index (Phi) is 4.25. The number of hydrogen-bond donors (Lipinski definition) is 1. The van der Waals surface area contributed by atoms with Crippen molar-refractivity contribution in [3.8, 4) is 5.75 Å². The molecule has 1 amide bonds. The number of hydrogen-bond acceptors (Lipinski definition) is 3. The maximum atomic E-state index is 11.6. The van der Waals surface area contributed by atoms with E-state index in [2.05, 4.69) is 22.7 Å². The van der Waals surface area contributed by atoms with Crippen molar-refractivity contribution in [1.29, 1.82) is 0 Å². The lowest BCUT2D eigenvalue weighted by atomic mass is 9.95. The van der Waals surface area contributed by atoms with Crippen LogP contribution in [0.4, 0.5) is 0 Å². The quantitative estimate of drug-likeness (QED) is 0.516. The Balaban J connectivity index is 1.40. The van der Waals surface area contributed by atoms with Crippen LogP contribution in [0.5, 0.6) is 5.75 Å². The Bertz CT molecular complexity index is 568. The Labute approximate surface area is 128 Å². The molecule has 4 nitrogen and oxygen atoms in total. The van der Waals surface area contributed by atoms with Crippen LogP contribution in [0.2, 0.25) is 5.02 Å². The molecule has 3 rings (SSSR count). The number of nitrogens with zero attached hydrogens (tertiary/aromatic N) is 1. The zero-order chi connectivity index (χ0) is 14.7. The summed E-state index contributed by atoms with van der Waals surface area (Å²) in [6.45, 7) is -0.0599. The Hall–Kier alpha value is -1.81. The van der Waals surface area contributed by atoms with Crippen LogP contribution < -0.4 is 10.2 Å². The summed E-state index contributed by atoms with van der Waals surface area (Å²) in [7, 11) is 0. The van der Waals surface area contributed by atoms with Gasteiger partial charge in [0.05, 0.1) is 0 Å². The van der Waals surface area contributed by atoms with E-state index >= 15 is 0 Å². The molecule has 1 aromatic carbocycles. The van der Waals surface area contributed by atoms with E-state index in [1.807, 2.05) is 6.21 Å². The van der Waals surface area contributed by atoms with Crippen molar-refractivity contribution in [2.24, 2.45) is 22.9 Å². The first-order valence-electron chi connectivity index (χ1n) is 7.09. The molecule has 0 saturated heterocycles. The highest BCUT2D eigenvalue weighted by molar-refractivity contribution is 6.30. The largest absolute Gasteiger partial charge is 0.484 e. The van der Waals surface area contributed by atoms with Crippen LogP contribution in [0.25, 0.3) is 0 Å². The highest BCUT2D eigenvalue weighted by Crippen LogP contribution is 2.42. The van der Waals surface area contributed by atoms with Gasteiger partial charge < -0.3 is 4.74 Å². The Morgan fingerprint density at radius 1 is 1.33 bits per heavy atom. The fourth-order valence-corrected chi connectivity index (χ4v) is 3.04. The van der Waals surface area contributed by atoms with Crippen molar-refractivity contribution in [1.82, 2.24) is 5.43 Å². The second-order valence-corrected chi connectivity index (χ2v) is 5.94. The molecule has 0 radical (unpaired) electrons. The van der Waals surface area contributed by atoms with E-state index in [-0.39, 0.29) is 12.5 Å². The average Bonchev–Trinajstić information content (AvgIpc) is 3.09. The fraction of sp³-hybridized carbons (Fsp3) is 0.375. The minimum atomic E-state index is -0.264. The summed E-state index contributed by atoms with van der Waals surface area (Å²) in [5, 5.41) is 4.67. The lowest BCUT2D eigenvalue weighted by Crippen LogP contribution is -2.25. The molecule has 1 aromatic rings. The van der Waals surface area contributed by atoms with Crippen molar-refractivity contribution in [3.05, 3.63) is 41.4 Å². The van der Waals surface area contributed by atoms with Gasteiger partial charge in [-0.3, -0.25) is 4.79 Å². The number of hydrazone groups is 1. The number of fused-ring (bicyclic) bond motifs is 2. The fourth-order valence-electron chi connectivity index (χ4n) is 2.91. The molecule has 21 heavy (non-hydrogen) atoms. The third-order valence-electron chi connectivity index (χ3n) is 3.97. The maximum absolute atomic E-state index is 11.6. The van der Waals surface area contributed by atoms with Crippen LogP contribution >= 0.6 is 11.6 Å². The topological polar surface area (TPSA) is 50.7 Å². The van der Waals surface area contributed by atoms with Gasteiger partial charge in [0, 0.05) is 17.2 Å². The monoisotopic (exact) mass is 304 g/mol. The van der Waals surface area contributed by atoms with E-state index in [1.165, 1.54) is 6.42 Å². The molecule has 0 spiro atoms. The van der Waals surface area contributed by atoms with Gasteiger partial charge in [-0.05, 0) is 48.9 Å². The van der Waals surface area contributed by atoms with E-state index in [0.29, 0.717) is 28.5 Å². The lowest BCUT2D eigenvalue weighted by molar-refractivity contribution is -0.123.